The Morgan fingerprint density at radius 1 is 1.38 bits per heavy atom. The largest absolute Gasteiger partial charge is 0.493 e. The Balaban J connectivity index is 1.94. The van der Waals surface area contributed by atoms with Crippen molar-refractivity contribution < 1.29 is 19.0 Å². The first-order valence-electron chi connectivity index (χ1n) is 6.99. The van der Waals surface area contributed by atoms with E-state index in [1.807, 2.05) is 25.1 Å². The second-order valence-electron chi connectivity index (χ2n) is 4.91. The average Bonchev–Trinajstić information content (AvgIpc) is 2.52. The zero-order valence-electron chi connectivity index (χ0n) is 12.6. The molecule has 1 aliphatic rings. The van der Waals surface area contributed by atoms with Gasteiger partial charge in [0, 0.05) is 13.1 Å². The fraction of sp³-hybridized carbons (Fsp3) is 0.533. The lowest BCUT2D eigenvalue weighted by Gasteiger charge is -2.29. The summed E-state index contributed by atoms with van der Waals surface area (Å²) in [6.07, 6.45) is -0.121. The molecule has 1 aromatic rings. The van der Waals surface area contributed by atoms with Crippen molar-refractivity contribution in [3.8, 4) is 11.5 Å². The molecule has 0 spiro atoms. The number of benzene rings is 1. The molecule has 0 unspecified atom stereocenters. The zero-order valence-corrected chi connectivity index (χ0v) is 12.6. The predicted molar refractivity (Wildman–Crippen MR) is 78.6 cm³/mol. The van der Waals surface area contributed by atoms with Crippen molar-refractivity contribution in [2.45, 2.75) is 25.6 Å². The lowest BCUT2D eigenvalue weighted by molar-refractivity contribution is -0.129. The standard InChI is InChI=1S/C15H22N2O4/c1-10-14(16-6-7-21-10)15(18)17-9-11-4-5-12(19-2)13(8-11)20-3/h4-5,8,10,14,16H,6-7,9H2,1-3H3,(H,17,18)/t10-,14+/m1/s1. The Bertz CT molecular complexity index is 493. The summed E-state index contributed by atoms with van der Waals surface area (Å²) in [4.78, 5) is 12.1. The van der Waals surface area contributed by atoms with Crippen LogP contribution in [0, 0.1) is 0 Å². The number of carbonyl (C=O) groups excluding carboxylic acids is 1. The molecule has 0 aliphatic carbocycles. The summed E-state index contributed by atoms with van der Waals surface area (Å²) in [5, 5.41) is 6.07. The van der Waals surface area contributed by atoms with Crippen LogP contribution in [0.5, 0.6) is 11.5 Å². The van der Waals surface area contributed by atoms with Gasteiger partial charge < -0.3 is 24.8 Å². The van der Waals surface area contributed by atoms with E-state index in [4.69, 9.17) is 14.2 Å². The van der Waals surface area contributed by atoms with Crippen LogP contribution in [-0.4, -0.2) is 45.4 Å². The van der Waals surface area contributed by atoms with E-state index in [0.717, 1.165) is 5.56 Å². The maximum atomic E-state index is 12.1. The van der Waals surface area contributed by atoms with Crippen molar-refractivity contribution in [1.29, 1.82) is 0 Å². The molecule has 2 atom stereocenters. The van der Waals surface area contributed by atoms with E-state index < -0.39 is 0 Å². The minimum atomic E-state index is -0.307. The van der Waals surface area contributed by atoms with Gasteiger partial charge in [-0.1, -0.05) is 6.07 Å². The van der Waals surface area contributed by atoms with Gasteiger partial charge in [0.1, 0.15) is 6.04 Å². The molecule has 6 heteroatoms. The summed E-state index contributed by atoms with van der Waals surface area (Å²) in [6, 6.07) is 5.27. The van der Waals surface area contributed by atoms with Gasteiger partial charge >= 0.3 is 0 Å². The first-order chi connectivity index (χ1) is 10.2. The molecule has 1 heterocycles. The molecule has 116 valence electrons. The third-order valence-electron chi connectivity index (χ3n) is 3.51. The van der Waals surface area contributed by atoms with Crippen LogP contribution in [0.1, 0.15) is 12.5 Å². The van der Waals surface area contributed by atoms with Crippen molar-refractivity contribution in [1.82, 2.24) is 10.6 Å². The topological polar surface area (TPSA) is 68.8 Å². The smallest absolute Gasteiger partial charge is 0.240 e. The highest BCUT2D eigenvalue weighted by atomic mass is 16.5. The molecule has 0 aromatic heterocycles. The first kappa shape index (κ1) is 15.6. The molecular formula is C15H22N2O4. The fourth-order valence-corrected chi connectivity index (χ4v) is 2.32. The van der Waals surface area contributed by atoms with Crippen LogP contribution in [0.3, 0.4) is 0 Å². The fourth-order valence-electron chi connectivity index (χ4n) is 2.32. The molecule has 1 amide bonds. The van der Waals surface area contributed by atoms with Gasteiger partial charge in [-0.05, 0) is 24.6 Å². The number of hydrogen-bond acceptors (Lipinski definition) is 5. The lowest BCUT2D eigenvalue weighted by atomic mass is 10.1. The van der Waals surface area contributed by atoms with Gasteiger partial charge in [-0.3, -0.25) is 4.79 Å². The third-order valence-corrected chi connectivity index (χ3v) is 3.51. The van der Waals surface area contributed by atoms with E-state index in [1.165, 1.54) is 0 Å². The summed E-state index contributed by atoms with van der Waals surface area (Å²) < 4.78 is 15.9. The Morgan fingerprint density at radius 3 is 2.81 bits per heavy atom. The Hall–Kier alpha value is -1.79. The predicted octanol–water partition coefficient (Wildman–Crippen LogP) is 0.697. The molecule has 1 saturated heterocycles. The van der Waals surface area contributed by atoms with Gasteiger partial charge in [0.15, 0.2) is 11.5 Å². The van der Waals surface area contributed by atoms with Gasteiger partial charge in [0.25, 0.3) is 0 Å². The number of amides is 1. The van der Waals surface area contributed by atoms with Crippen LogP contribution in [-0.2, 0) is 16.1 Å². The molecule has 2 N–H and O–H groups in total. The molecule has 0 saturated carbocycles. The quantitative estimate of drug-likeness (QED) is 0.836. The van der Waals surface area contributed by atoms with Crippen LogP contribution in [0.4, 0.5) is 0 Å². The van der Waals surface area contributed by atoms with Gasteiger partial charge in [-0.15, -0.1) is 0 Å². The molecule has 0 bridgehead atoms. The van der Waals surface area contributed by atoms with Gasteiger partial charge in [0.05, 0.1) is 26.9 Å². The highest BCUT2D eigenvalue weighted by Gasteiger charge is 2.27. The molecule has 6 nitrogen and oxygen atoms in total. The molecule has 1 aromatic carbocycles. The van der Waals surface area contributed by atoms with E-state index in [1.54, 1.807) is 14.2 Å². The van der Waals surface area contributed by atoms with Crippen molar-refractivity contribution in [3.05, 3.63) is 23.8 Å². The normalized spacial score (nSPS) is 21.7. The summed E-state index contributed by atoms with van der Waals surface area (Å²) in [7, 11) is 3.18. The second kappa shape index (κ2) is 7.28. The number of morpholine rings is 1. The van der Waals surface area contributed by atoms with Crippen LogP contribution < -0.4 is 20.1 Å². The van der Waals surface area contributed by atoms with E-state index in [2.05, 4.69) is 10.6 Å². The number of hydrogen-bond donors (Lipinski definition) is 2. The Kier molecular flexibility index (Phi) is 5.41. The number of rotatable bonds is 5. The maximum absolute atomic E-state index is 12.1. The second-order valence-corrected chi connectivity index (χ2v) is 4.91. The highest BCUT2D eigenvalue weighted by molar-refractivity contribution is 5.82. The van der Waals surface area contributed by atoms with Crippen LogP contribution in [0.15, 0.2) is 18.2 Å². The summed E-state index contributed by atoms with van der Waals surface area (Å²) in [5.74, 6) is 1.26. The number of methoxy groups -OCH3 is 2. The van der Waals surface area contributed by atoms with E-state index >= 15 is 0 Å². The van der Waals surface area contributed by atoms with Crippen molar-refractivity contribution in [3.63, 3.8) is 0 Å². The molecule has 1 aliphatic heterocycles. The molecule has 21 heavy (non-hydrogen) atoms. The van der Waals surface area contributed by atoms with E-state index in [-0.39, 0.29) is 18.1 Å². The Morgan fingerprint density at radius 2 is 2.14 bits per heavy atom. The number of carbonyl (C=O) groups is 1. The lowest BCUT2D eigenvalue weighted by Crippen LogP contribution is -2.55. The molecule has 1 fully saturated rings. The summed E-state index contributed by atoms with van der Waals surface area (Å²) >= 11 is 0. The minimum absolute atomic E-state index is 0.0583. The Labute approximate surface area is 124 Å². The molecular weight excluding hydrogens is 272 g/mol. The van der Waals surface area contributed by atoms with Crippen molar-refractivity contribution >= 4 is 5.91 Å². The first-order valence-corrected chi connectivity index (χ1v) is 6.99. The minimum Gasteiger partial charge on any atom is -0.493 e. The monoisotopic (exact) mass is 294 g/mol. The zero-order chi connectivity index (χ0) is 15.2. The van der Waals surface area contributed by atoms with E-state index in [0.29, 0.717) is 31.2 Å². The van der Waals surface area contributed by atoms with Crippen LogP contribution >= 0.6 is 0 Å². The van der Waals surface area contributed by atoms with Gasteiger partial charge in [-0.2, -0.15) is 0 Å². The van der Waals surface area contributed by atoms with Gasteiger partial charge in [-0.25, -0.2) is 0 Å². The summed E-state index contributed by atoms with van der Waals surface area (Å²) in [5.41, 5.74) is 0.949. The molecule has 2 rings (SSSR count). The number of nitrogens with one attached hydrogen (secondary N) is 2. The van der Waals surface area contributed by atoms with Crippen LogP contribution in [0.25, 0.3) is 0 Å². The van der Waals surface area contributed by atoms with Crippen molar-refractivity contribution in [2.24, 2.45) is 0 Å². The summed E-state index contributed by atoms with van der Waals surface area (Å²) in [6.45, 7) is 3.66. The van der Waals surface area contributed by atoms with Crippen molar-refractivity contribution in [2.75, 3.05) is 27.4 Å². The van der Waals surface area contributed by atoms with Crippen LogP contribution in [0.2, 0.25) is 0 Å². The number of ether oxygens (including phenoxy) is 3. The third kappa shape index (κ3) is 3.86. The molecule has 0 radical (unpaired) electrons. The average molecular weight is 294 g/mol. The SMILES string of the molecule is COc1ccc(CNC(=O)[C@H]2NCCO[C@@H]2C)cc1OC. The maximum Gasteiger partial charge on any atom is 0.240 e. The van der Waals surface area contributed by atoms with E-state index in [9.17, 15) is 4.79 Å². The highest BCUT2D eigenvalue weighted by Crippen LogP contribution is 2.27. The van der Waals surface area contributed by atoms with Gasteiger partial charge in [0.2, 0.25) is 5.91 Å².